The fraction of sp³-hybridized carbons (Fsp3) is 0.333. The number of anilines is 1. The highest BCUT2D eigenvalue weighted by Crippen LogP contribution is 2.27. The van der Waals surface area contributed by atoms with Gasteiger partial charge in [-0.2, -0.15) is 0 Å². The third kappa shape index (κ3) is 7.12. The molecule has 2 amide bonds. The molecule has 0 saturated heterocycles. The van der Waals surface area contributed by atoms with E-state index in [0.29, 0.717) is 6.42 Å². The predicted molar refractivity (Wildman–Crippen MR) is 124 cm³/mol. The van der Waals surface area contributed by atoms with Gasteiger partial charge in [0.2, 0.25) is 21.8 Å². The number of likely N-dealkylation sites (N-methyl/N-ethyl adjacent to an activating group) is 1. The molecule has 1 unspecified atom stereocenters. The number of sulfonamides is 1. The Hall–Kier alpha value is -2.29. The minimum absolute atomic E-state index is 0.170. The maximum Gasteiger partial charge on any atom is 0.244 e. The summed E-state index contributed by atoms with van der Waals surface area (Å²) in [5.41, 5.74) is 1.16. The number of carbonyl (C=O) groups is 2. The van der Waals surface area contributed by atoms with Crippen LogP contribution in [0.3, 0.4) is 0 Å². The lowest BCUT2D eigenvalue weighted by Gasteiger charge is -2.31. The number of hydrogen-bond acceptors (Lipinski definition) is 4. The van der Waals surface area contributed by atoms with Crippen LogP contribution in [0.1, 0.15) is 12.5 Å². The molecule has 0 bridgehead atoms. The molecule has 31 heavy (non-hydrogen) atoms. The Morgan fingerprint density at radius 1 is 1.06 bits per heavy atom. The van der Waals surface area contributed by atoms with Gasteiger partial charge in [-0.15, -0.1) is 0 Å². The van der Waals surface area contributed by atoms with E-state index in [1.54, 1.807) is 6.92 Å². The normalized spacial score (nSPS) is 12.2. The van der Waals surface area contributed by atoms with E-state index in [2.05, 4.69) is 5.32 Å². The van der Waals surface area contributed by atoms with Crippen LogP contribution in [0.4, 0.5) is 5.69 Å². The van der Waals surface area contributed by atoms with Gasteiger partial charge in [-0.1, -0.05) is 53.5 Å². The molecule has 0 aliphatic rings. The summed E-state index contributed by atoms with van der Waals surface area (Å²) < 4.78 is 25.8. The van der Waals surface area contributed by atoms with Gasteiger partial charge in [0.1, 0.15) is 12.6 Å². The SMILES string of the molecule is CNC(=O)C(C)N(CCc1ccccc1)C(=O)CN(c1cc(Cl)cc(Cl)c1)S(C)(=O)=O. The molecule has 1 atom stereocenters. The predicted octanol–water partition coefficient (Wildman–Crippen LogP) is 2.97. The van der Waals surface area contributed by atoms with Gasteiger partial charge in [-0.25, -0.2) is 8.42 Å². The van der Waals surface area contributed by atoms with Gasteiger partial charge in [0, 0.05) is 23.6 Å². The fourth-order valence-corrected chi connectivity index (χ4v) is 4.42. The molecule has 0 aromatic heterocycles. The molecule has 0 saturated carbocycles. The van der Waals surface area contributed by atoms with Crippen molar-refractivity contribution in [3.05, 3.63) is 64.1 Å². The smallest absolute Gasteiger partial charge is 0.244 e. The summed E-state index contributed by atoms with van der Waals surface area (Å²) in [4.78, 5) is 26.8. The molecule has 1 N–H and O–H groups in total. The first-order chi connectivity index (χ1) is 14.5. The Morgan fingerprint density at radius 2 is 1.65 bits per heavy atom. The van der Waals surface area contributed by atoms with Crippen LogP contribution in [-0.4, -0.2) is 57.6 Å². The Morgan fingerprint density at radius 3 is 2.16 bits per heavy atom. The summed E-state index contributed by atoms with van der Waals surface area (Å²) in [7, 11) is -2.35. The number of carbonyl (C=O) groups excluding carboxylic acids is 2. The molecular formula is C21H25Cl2N3O4S. The monoisotopic (exact) mass is 485 g/mol. The Bertz CT molecular complexity index is 1010. The summed E-state index contributed by atoms with van der Waals surface area (Å²) in [6.07, 6.45) is 1.50. The summed E-state index contributed by atoms with van der Waals surface area (Å²) in [6, 6.07) is 13.0. The maximum atomic E-state index is 13.2. The van der Waals surface area contributed by atoms with E-state index in [4.69, 9.17) is 23.2 Å². The molecule has 0 aliphatic carbocycles. The van der Waals surface area contributed by atoms with Gasteiger partial charge in [-0.05, 0) is 37.1 Å². The Kier molecular flexibility index (Phi) is 8.73. The molecule has 0 aliphatic heterocycles. The summed E-state index contributed by atoms with van der Waals surface area (Å²) in [5, 5.41) is 3.01. The number of halogens is 2. The zero-order valence-electron chi connectivity index (χ0n) is 17.5. The van der Waals surface area contributed by atoms with Crippen molar-refractivity contribution < 1.29 is 18.0 Å². The molecule has 0 heterocycles. The van der Waals surface area contributed by atoms with Gasteiger partial charge in [0.15, 0.2) is 0 Å². The summed E-state index contributed by atoms with van der Waals surface area (Å²) >= 11 is 12.0. The van der Waals surface area contributed by atoms with Gasteiger partial charge in [0.25, 0.3) is 0 Å². The number of rotatable bonds is 9. The minimum atomic E-state index is -3.83. The molecule has 2 aromatic rings. The van der Waals surface area contributed by atoms with Crippen LogP contribution < -0.4 is 9.62 Å². The highest BCUT2D eigenvalue weighted by Gasteiger charge is 2.29. The van der Waals surface area contributed by atoms with E-state index in [-0.39, 0.29) is 28.2 Å². The first-order valence-corrected chi connectivity index (χ1v) is 12.1. The van der Waals surface area contributed by atoms with E-state index < -0.39 is 28.5 Å². The van der Waals surface area contributed by atoms with E-state index in [9.17, 15) is 18.0 Å². The standard InChI is InChI=1S/C21H25Cl2N3O4S/c1-15(21(28)24-2)25(10-9-16-7-5-4-6-8-16)20(27)14-26(31(3,29)30)19-12-17(22)11-18(23)13-19/h4-8,11-13,15H,9-10,14H2,1-3H3,(H,24,28). The zero-order chi connectivity index (χ0) is 23.2. The van der Waals surface area contributed by atoms with Crippen LogP contribution in [0, 0.1) is 0 Å². The van der Waals surface area contributed by atoms with Gasteiger partial charge >= 0.3 is 0 Å². The molecule has 2 rings (SSSR count). The quantitative estimate of drug-likeness (QED) is 0.591. The van der Waals surface area contributed by atoms with Crippen LogP contribution in [0.25, 0.3) is 0 Å². The second-order valence-corrected chi connectivity index (χ2v) is 9.79. The van der Waals surface area contributed by atoms with Crippen molar-refractivity contribution in [3.8, 4) is 0 Å². The van der Waals surface area contributed by atoms with Gasteiger partial charge in [0.05, 0.1) is 11.9 Å². The molecule has 0 radical (unpaired) electrons. The molecule has 0 fully saturated rings. The number of benzene rings is 2. The summed E-state index contributed by atoms with van der Waals surface area (Å²) in [6.45, 7) is 1.35. The lowest BCUT2D eigenvalue weighted by atomic mass is 10.1. The Balaban J connectivity index is 2.32. The topological polar surface area (TPSA) is 86.8 Å². The average Bonchev–Trinajstić information content (AvgIpc) is 2.70. The highest BCUT2D eigenvalue weighted by atomic mass is 35.5. The van der Waals surface area contributed by atoms with E-state index in [1.807, 2.05) is 30.3 Å². The number of amides is 2. The largest absolute Gasteiger partial charge is 0.357 e. The molecular weight excluding hydrogens is 461 g/mol. The van der Waals surface area contributed by atoms with Crippen molar-refractivity contribution >= 4 is 50.7 Å². The van der Waals surface area contributed by atoms with Crippen LogP contribution in [0.2, 0.25) is 10.0 Å². The van der Waals surface area contributed by atoms with Gasteiger partial charge in [-0.3, -0.25) is 13.9 Å². The molecule has 0 spiro atoms. The number of nitrogens with zero attached hydrogens (tertiary/aromatic N) is 2. The lowest BCUT2D eigenvalue weighted by molar-refractivity contribution is -0.138. The summed E-state index contributed by atoms with van der Waals surface area (Å²) in [5.74, 6) is -0.869. The number of nitrogens with one attached hydrogen (secondary N) is 1. The fourth-order valence-electron chi connectivity index (χ4n) is 3.08. The van der Waals surface area contributed by atoms with E-state index in [0.717, 1.165) is 16.1 Å². The first kappa shape index (κ1) is 25.0. The zero-order valence-corrected chi connectivity index (χ0v) is 19.8. The van der Waals surface area contributed by atoms with Crippen LogP contribution in [0.15, 0.2) is 48.5 Å². The molecule has 168 valence electrons. The lowest BCUT2D eigenvalue weighted by Crippen LogP contribution is -2.51. The minimum Gasteiger partial charge on any atom is -0.357 e. The third-order valence-electron chi connectivity index (χ3n) is 4.71. The van der Waals surface area contributed by atoms with Gasteiger partial charge < -0.3 is 10.2 Å². The second-order valence-electron chi connectivity index (χ2n) is 7.01. The second kappa shape index (κ2) is 10.8. The van der Waals surface area contributed by atoms with Crippen LogP contribution in [0.5, 0.6) is 0 Å². The van der Waals surface area contributed by atoms with E-state index in [1.165, 1.54) is 30.1 Å². The Labute approximate surface area is 193 Å². The van der Waals surface area contributed by atoms with Crippen molar-refractivity contribution in [2.75, 3.05) is 30.7 Å². The third-order valence-corrected chi connectivity index (χ3v) is 6.29. The van der Waals surface area contributed by atoms with Crippen molar-refractivity contribution in [3.63, 3.8) is 0 Å². The first-order valence-electron chi connectivity index (χ1n) is 9.51. The van der Waals surface area contributed by atoms with Crippen molar-refractivity contribution in [2.24, 2.45) is 0 Å². The molecule has 10 heteroatoms. The number of hydrogen-bond donors (Lipinski definition) is 1. The van der Waals surface area contributed by atoms with Crippen molar-refractivity contribution in [1.29, 1.82) is 0 Å². The van der Waals surface area contributed by atoms with Crippen molar-refractivity contribution in [1.82, 2.24) is 10.2 Å². The highest BCUT2D eigenvalue weighted by molar-refractivity contribution is 7.92. The maximum absolute atomic E-state index is 13.2. The molecule has 2 aromatic carbocycles. The van der Waals surface area contributed by atoms with Crippen molar-refractivity contribution in [2.45, 2.75) is 19.4 Å². The average molecular weight is 486 g/mol. The van der Waals surface area contributed by atoms with Crippen LogP contribution >= 0.6 is 23.2 Å². The molecule has 7 nitrogen and oxygen atoms in total. The van der Waals surface area contributed by atoms with Crippen LogP contribution in [-0.2, 0) is 26.0 Å². The van der Waals surface area contributed by atoms with E-state index >= 15 is 0 Å².